The summed E-state index contributed by atoms with van der Waals surface area (Å²) in [6, 6.07) is 13.4. The number of fused-ring (bicyclic) bond motifs is 1. The Kier molecular flexibility index (Phi) is 4.78. The van der Waals surface area contributed by atoms with Gasteiger partial charge in [0.05, 0.1) is 6.10 Å². The van der Waals surface area contributed by atoms with E-state index in [0.717, 1.165) is 16.7 Å². The van der Waals surface area contributed by atoms with Crippen LogP contribution in [0.3, 0.4) is 0 Å². The third-order valence-electron chi connectivity index (χ3n) is 5.39. The predicted molar refractivity (Wildman–Crippen MR) is 94.2 cm³/mol. The molecular weight excluding hydrogens is 302 g/mol. The van der Waals surface area contributed by atoms with Gasteiger partial charge in [0.1, 0.15) is 0 Å². The van der Waals surface area contributed by atoms with E-state index in [1.54, 1.807) is 0 Å². The van der Waals surface area contributed by atoms with E-state index in [1.807, 2.05) is 31.2 Å². The first-order valence-electron chi connectivity index (χ1n) is 8.55. The van der Waals surface area contributed by atoms with E-state index in [-0.39, 0.29) is 29.3 Å². The number of aromatic hydroxyl groups is 2. The number of phenols is 2. The molecule has 3 rings (SSSR count). The second-order valence-corrected chi connectivity index (χ2v) is 6.62. The van der Waals surface area contributed by atoms with Gasteiger partial charge in [-0.25, -0.2) is 0 Å². The van der Waals surface area contributed by atoms with Gasteiger partial charge in [0.2, 0.25) is 0 Å². The first-order valence-corrected chi connectivity index (χ1v) is 8.55. The quantitative estimate of drug-likeness (QED) is 0.650. The number of nitrogens with two attached hydrogens (primary N) is 1. The van der Waals surface area contributed by atoms with Crippen molar-refractivity contribution < 1.29 is 15.3 Å². The summed E-state index contributed by atoms with van der Waals surface area (Å²) in [7, 11) is 0. The van der Waals surface area contributed by atoms with Gasteiger partial charge in [-0.2, -0.15) is 0 Å². The molecular formula is C20H25NO3. The topological polar surface area (TPSA) is 86.7 Å². The summed E-state index contributed by atoms with van der Waals surface area (Å²) in [5.74, 6) is -0.184. The maximum absolute atomic E-state index is 10.7. The maximum atomic E-state index is 10.7. The predicted octanol–water partition coefficient (Wildman–Crippen LogP) is 2.87. The molecule has 4 nitrogen and oxygen atoms in total. The van der Waals surface area contributed by atoms with Gasteiger partial charge in [-0.05, 0) is 42.5 Å². The molecule has 4 unspecified atom stereocenters. The second kappa shape index (κ2) is 6.83. The summed E-state index contributed by atoms with van der Waals surface area (Å²) < 4.78 is 0. The molecule has 5 N–H and O–H groups in total. The van der Waals surface area contributed by atoms with Crippen LogP contribution >= 0.6 is 0 Å². The Hall–Kier alpha value is -2.04. The van der Waals surface area contributed by atoms with Crippen molar-refractivity contribution >= 4 is 0 Å². The number of benzene rings is 2. The van der Waals surface area contributed by atoms with Crippen LogP contribution in [0.5, 0.6) is 11.5 Å². The molecule has 0 bridgehead atoms. The zero-order valence-corrected chi connectivity index (χ0v) is 13.9. The first kappa shape index (κ1) is 16.8. The van der Waals surface area contributed by atoms with Gasteiger partial charge >= 0.3 is 0 Å². The molecule has 0 fully saturated rings. The van der Waals surface area contributed by atoms with Crippen molar-refractivity contribution in [3.05, 3.63) is 59.2 Å². The van der Waals surface area contributed by atoms with E-state index >= 15 is 0 Å². The molecule has 0 saturated carbocycles. The summed E-state index contributed by atoms with van der Waals surface area (Å²) >= 11 is 0. The normalized spacial score (nSPS) is 24.4. The minimum absolute atomic E-state index is 0.0150. The van der Waals surface area contributed by atoms with Gasteiger partial charge in [-0.15, -0.1) is 0 Å². The van der Waals surface area contributed by atoms with Gasteiger partial charge in [-0.1, -0.05) is 43.3 Å². The molecule has 1 aliphatic rings. The minimum atomic E-state index is -0.465. The molecule has 24 heavy (non-hydrogen) atoms. The molecule has 128 valence electrons. The number of phenolic OH excluding ortho intramolecular Hbond substituents is 2. The smallest absolute Gasteiger partial charge is 0.160 e. The first-order chi connectivity index (χ1) is 11.6. The fourth-order valence-corrected chi connectivity index (χ4v) is 4.18. The third kappa shape index (κ3) is 2.76. The van der Waals surface area contributed by atoms with Gasteiger partial charge in [0, 0.05) is 17.4 Å². The number of aliphatic hydroxyl groups excluding tert-OH is 1. The van der Waals surface area contributed by atoms with Gasteiger partial charge in [0.25, 0.3) is 0 Å². The molecule has 1 aliphatic carbocycles. The summed E-state index contributed by atoms with van der Waals surface area (Å²) in [4.78, 5) is 0. The number of hydrogen-bond acceptors (Lipinski definition) is 4. The second-order valence-electron chi connectivity index (χ2n) is 6.62. The minimum Gasteiger partial charge on any atom is -0.504 e. The van der Waals surface area contributed by atoms with Crippen molar-refractivity contribution in [3.8, 4) is 11.5 Å². The molecule has 2 aromatic carbocycles. The lowest BCUT2D eigenvalue weighted by atomic mass is 9.64. The van der Waals surface area contributed by atoms with Crippen LogP contribution in [0.15, 0.2) is 42.5 Å². The average molecular weight is 327 g/mol. The number of hydrogen-bond donors (Lipinski definition) is 4. The zero-order chi connectivity index (χ0) is 17.3. The van der Waals surface area contributed by atoms with Crippen LogP contribution in [0.4, 0.5) is 0 Å². The lowest BCUT2D eigenvalue weighted by molar-refractivity contribution is 0.0670. The number of aliphatic hydroxyl groups is 1. The van der Waals surface area contributed by atoms with Crippen molar-refractivity contribution in [3.63, 3.8) is 0 Å². The van der Waals surface area contributed by atoms with Gasteiger partial charge in [0.15, 0.2) is 11.5 Å². The molecule has 0 spiro atoms. The highest BCUT2D eigenvalue weighted by Crippen LogP contribution is 2.50. The van der Waals surface area contributed by atoms with Crippen LogP contribution in [-0.2, 0) is 6.42 Å². The van der Waals surface area contributed by atoms with Gasteiger partial charge in [-0.3, -0.25) is 0 Å². The Labute approximate surface area is 142 Å². The summed E-state index contributed by atoms with van der Waals surface area (Å²) in [6.45, 7) is 2.37. The Balaban J connectivity index is 2.15. The lowest BCUT2D eigenvalue weighted by Crippen LogP contribution is -2.39. The van der Waals surface area contributed by atoms with E-state index in [9.17, 15) is 15.3 Å². The van der Waals surface area contributed by atoms with Crippen LogP contribution in [0.25, 0.3) is 0 Å². The van der Waals surface area contributed by atoms with E-state index in [4.69, 9.17) is 5.73 Å². The van der Waals surface area contributed by atoms with Crippen LogP contribution in [0.2, 0.25) is 0 Å². The zero-order valence-electron chi connectivity index (χ0n) is 13.9. The van der Waals surface area contributed by atoms with Crippen LogP contribution in [-0.4, -0.2) is 28.0 Å². The van der Waals surface area contributed by atoms with Crippen LogP contribution < -0.4 is 5.73 Å². The lowest BCUT2D eigenvalue weighted by Gasteiger charge is -2.42. The highest BCUT2D eigenvalue weighted by Gasteiger charge is 2.41. The molecule has 0 heterocycles. The van der Waals surface area contributed by atoms with E-state index < -0.39 is 6.10 Å². The number of rotatable bonds is 4. The molecule has 0 aromatic heterocycles. The van der Waals surface area contributed by atoms with Crippen molar-refractivity contribution in [1.29, 1.82) is 0 Å². The molecule has 0 radical (unpaired) electrons. The maximum Gasteiger partial charge on any atom is 0.160 e. The largest absolute Gasteiger partial charge is 0.504 e. The molecule has 4 atom stereocenters. The third-order valence-corrected chi connectivity index (χ3v) is 5.39. The summed E-state index contributed by atoms with van der Waals surface area (Å²) in [5, 5.41) is 30.9. The van der Waals surface area contributed by atoms with E-state index in [2.05, 4.69) is 12.1 Å². The highest BCUT2D eigenvalue weighted by atomic mass is 16.3. The van der Waals surface area contributed by atoms with Crippen LogP contribution in [0, 0.1) is 5.92 Å². The Morgan fingerprint density at radius 3 is 2.46 bits per heavy atom. The molecule has 0 amide bonds. The van der Waals surface area contributed by atoms with Crippen molar-refractivity contribution in [2.75, 3.05) is 6.54 Å². The Morgan fingerprint density at radius 2 is 1.83 bits per heavy atom. The highest BCUT2D eigenvalue weighted by molar-refractivity contribution is 5.53. The summed E-state index contributed by atoms with van der Waals surface area (Å²) in [5.41, 5.74) is 8.89. The fraction of sp³-hybridized carbons (Fsp3) is 0.400. The van der Waals surface area contributed by atoms with Gasteiger partial charge < -0.3 is 21.1 Å². The fourth-order valence-electron chi connectivity index (χ4n) is 4.18. The monoisotopic (exact) mass is 327 g/mol. The van der Waals surface area contributed by atoms with Crippen molar-refractivity contribution in [1.82, 2.24) is 0 Å². The standard InChI is InChI=1S/C20H25NO3/c1-2-17(22)19-14(12-6-4-3-5-7-12)10-15-13(16(19)11-21)8-9-18(23)20(15)24/h3-9,14,16-17,19,22-24H,2,10-11,21H2,1H3. The SMILES string of the molecule is CCC(O)C1C(c2ccccc2)Cc2c(ccc(O)c2O)C1CN. The van der Waals surface area contributed by atoms with E-state index in [0.29, 0.717) is 19.4 Å². The van der Waals surface area contributed by atoms with Crippen molar-refractivity contribution in [2.45, 2.75) is 37.7 Å². The molecule has 0 aliphatic heterocycles. The Morgan fingerprint density at radius 1 is 1.12 bits per heavy atom. The van der Waals surface area contributed by atoms with Crippen LogP contribution in [0.1, 0.15) is 41.9 Å². The summed E-state index contributed by atoms with van der Waals surface area (Å²) in [6.07, 6.45) is 0.773. The molecule has 2 aromatic rings. The molecule has 4 heteroatoms. The average Bonchev–Trinajstić information content (AvgIpc) is 2.63. The Bertz CT molecular complexity index is 702. The van der Waals surface area contributed by atoms with Crippen molar-refractivity contribution in [2.24, 2.45) is 11.7 Å². The molecule has 0 saturated heterocycles. The van der Waals surface area contributed by atoms with E-state index in [1.165, 1.54) is 6.07 Å².